The summed E-state index contributed by atoms with van der Waals surface area (Å²) in [5.41, 5.74) is 0.463. The second kappa shape index (κ2) is 10.1. The summed E-state index contributed by atoms with van der Waals surface area (Å²) < 4.78 is 37.4. The Balaban J connectivity index is 1.80. The number of hydrogen-bond donors (Lipinski definition) is 1. The molecule has 0 radical (unpaired) electrons. The van der Waals surface area contributed by atoms with Gasteiger partial charge in [0.25, 0.3) is 11.8 Å². The van der Waals surface area contributed by atoms with Gasteiger partial charge in [-0.15, -0.1) is 0 Å². The molecule has 0 spiro atoms. The van der Waals surface area contributed by atoms with Gasteiger partial charge in [0.2, 0.25) is 0 Å². The number of sulfone groups is 1. The molecule has 2 heterocycles. The zero-order chi connectivity index (χ0) is 27.0. The van der Waals surface area contributed by atoms with Gasteiger partial charge in [-0.1, -0.05) is 35.8 Å². The molecular formula is C25H27ClN4O6S. The van der Waals surface area contributed by atoms with E-state index in [1.165, 1.54) is 17.0 Å². The number of ether oxygens (including phenoxy) is 1. The van der Waals surface area contributed by atoms with Crippen LogP contribution in [-0.4, -0.2) is 48.0 Å². The van der Waals surface area contributed by atoms with E-state index < -0.39 is 39.2 Å². The molecule has 10 nitrogen and oxygen atoms in total. The number of aryl methyl sites for hydroxylation is 1. The molecule has 196 valence electrons. The van der Waals surface area contributed by atoms with Crippen molar-refractivity contribution in [2.75, 3.05) is 10.7 Å². The molecule has 3 aromatic rings. The van der Waals surface area contributed by atoms with Crippen molar-refractivity contribution in [2.24, 2.45) is 0 Å². The first-order valence-corrected chi connectivity index (χ1v) is 13.6. The number of carbonyl (C=O) groups is 2. The molecule has 0 saturated heterocycles. The van der Waals surface area contributed by atoms with Gasteiger partial charge in [0.1, 0.15) is 11.6 Å². The van der Waals surface area contributed by atoms with Gasteiger partial charge in [-0.3, -0.25) is 4.79 Å². The van der Waals surface area contributed by atoms with Crippen LogP contribution in [0.4, 0.5) is 10.5 Å². The lowest BCUT2D eigenvalue weighted by molar-refractivity contribution is -0.120. The Morgan fingerprint density at radius 2 is 1.92 bits per heavy atom. The van der Waals surface area contributed by atoms with E-state index in [0.29, 0.717) is 28.4 Å². The van der Waals surface area contributed by atoms with E-state index in [-0.39, 0.29) is 23.0 Å². The van der Waals surface area contributed by atoms with Gasteiger partial charge in [-0.2, -0.15) is 4.98 Å². The van der Waals surface area contributed by atoms with E-state index in [2.05, 4.69) is 15.5 Å². The molecule has 4 rings (SSSR count). The highest BCUT2D eigenvalue weighted by molar-refractivity contribution is 7.91. The predicted molar refractivity (Wildman–Crippen MR) is 137 cm³/mol. The van der Waals surface area contributed by atoms with Crippen molar-refractivity contribution in [2.45, 2.75) is 57.2 Å². The molecule has 2 amide bonds. The van der Waals surface area contributed by atoms with Gasteiger partial charge in [0.05, 0.1) is 22.9 Å². The Hall–Kier alpha value is -3.44. The van der Waals surface area contributed by atoms with Gasteiger partial charge in [0.15, 0.2) is 15.7 Å². The van der Waals surface area contributed by atoms with E-state index in [0.717, 1.165) is 0 Å². The summed E-state index contributed by atoms with van der Waals surface area (Å²) in [4.78, 5) is 31.9. The van der Waals surface area contributed by atoms with E-state index in [9.17, 15) is 18.0 Å². The lowest BCUT2D eigenvalue weighted by atomic mass is 10.1. The van der Waals surface area contributed by atoms with Gasteiger partial charge in [0, 0.05) is 17.0 Å². The predicted octanol–water partition coefficient (Wildman–Crippen LogP) is 4.17. The largest absolute Gasteiger partial charge is 0.444 e. The number of alkyl carbamates (subject to hydrolysis) is 1. The molecule has 0 bridgehead atoms. The third kappa shape index (κ3) is 6.11. The summed E-state index contributed by atoms with van der Waals surface area (Å²) >= 11 is 6.02. The molecule has 1 aromatic heterocycles. The number of nitrogens with one attached hydrogen (secondary N) is 1. The molecule has 1 N–H and O–H groups in total. The molecule has 0 fully saturated rings. The Kier molecular flexibility index (Phi) is 7.29. The van der Waals surface area contributed by atoms with E-state index >= 15 is 0 Å². The molecular weight excluding hydrogens is 520 g/mol. The van der Waals surface area contributed by atoms with Crippen molar-refractivity contribution in [3.8, 4) is 11.5 Å². The first kappa shape index (κ1) is 26.6. The second-order valence-electron chi connectivity index (χ2n) is 9.58. The molecule has 0 saturated carbocycles. The van der Waals surface area contributed by atoms with Crippen LogP contribution in [-0.2, 0) is 32.3 Å². The monoisotopic (exact) mass is 546 g/mol. The molecule has 1 atom stereocenters. The first-order chi connectivity index (χ1) is 17.4. The molecule has 2 aromatic carbocycles. The van der Waals surface area contributed by atoms with Gasteiger partial charge < -0.3 is 19.5 Å². The van der Waals surface area contributed by atoms with E-state index in [1.807, 2.05) is 6.92 Å². The lowest BCUT2D eigenvalue weighted by Crippen LogP contribution is -2.51. The Morgan fingerprint density at radius 1 is 1.22 bits per heavy atom. The highest BCUT2D eigenvalue weighted by Gasteiger charge is 2.39. The van der Waals surface area contributed by atoms with Crippen molar-refractivity contribution in [3.63, 3.8) is 0 Å². The summed E-state index contributed by atoms with van der Waals surface area (Å²) in [6.07, 6.45) is -0.334. The maximum Gasteiger partial charge on any atom is 0.408 e. The van der Waals surface area contributed by atoms with Gasteiger partial charge in [-0.25, -0.2) is 13.2 Å². The number of rotatable bonds is 5. The Morgan fingerprint density at radius 3 is 2.54 bits per heavy atom. The quantitative estimate of drug-likeness (QED) is 0.504. The molecule has 1 aliphatic heterocycles. The van der Waals surface area contributed by atoms with Crippen molar-refractivity contribution in [1.29, 1.82) is 0 Å². The van der Waals surface area contributed by atoms with E-state index in [1.54, 1.807) is 51.1 Å². The van der Waals surface area contributed by atoms with Crippen LogP contribution in [0.1, 0.15) is 39.1 Å². The third-order valence-electron chi connectivity index (χ3n) is 5.51. The molecule has 0 unspecified atom stereocenters. The lowest BCUT2D eigenvalue weighted by Gasteiger charge is -2.27. The number of halogens is 1. The summed E-state index contributed by atoms with van der Waals surface area (Å²) in [5.74, 6) is -0.549. The minimum Gasteiger partial charge on any atom is -0.444 e. The van der Waals surface area contributed by atoms with Crippen LogP contribution in [0.2, 0.25) is 5.02 Å². The van der Waals surface area contributed by atoms with Crippen molar-refractivity contribution < 1.29 is 27.3 Å². The van der Waals surface area contributed by atoms with Crippen molar-refractivity contribution in [1.82, 2.24) is 15.5 Å². The number of aromatic nitrogens is 2. The van der Waals surface area contributed by atoms with Crippen molar-refractivity contribution in [3.05, 3.63) is 58.9 Å². The number of nitrogens with zero attached hydrogens (tertiary/aromatic N) is 3. The zero-order valence-electron chi connectivity index (χ0n) is 20.8. The van der Waals surface area contributed by atoms with E-state index in [4.69, 9.17) is 20.9 Å². The van der Waals surface area contributed by atoms with Crippen LogP contribution in [0, 0.1) is 0 Å². The van der Waals surface area contributed by atoms with Crippen LogP contribution < -0.4 is 10.2 Å². The van der Waals surface area contributed by atoms with Crippen LogP contribution in [0.15, 0.2) is 51.9 Å². The Labute approximate surface area is 219 Å². The number of anilines is 1. The number of amides is 2. The number of carbonyl (C=O) groups excluding carboxylic acids is 2. The van der Waals surface area contributed by atoms with Crippen LogP contribution >= 0.6 is 11.6 Å². The van der Waals surface area contributed by atoms with Gasteiger partial charge in [-0.05, 0) is 56.7 Å². The maximum atomic E-state index is 13.8. The minimum atomic E-state index is -4.00. The van der Waals surface area contributed by atoms with Crippen LogP contribution in [0.25, 0.3) is 11.5 Å². The highest BCUT2D eigenvalue weighted by Crippen LogP contribution is 2.35. The smallest absolute Gasteiger partial charge is 0.408 e. The topological polar surface area (TPSA) is 132 Å². The van der Waals surface area contributed by atoms with Gasteiger partial charge >= 0.3 is 6.09 Å². The fourth-order valence-corrected chi connectivity index (χ4v) is 5.55. The normalized spacial score (nSPS) is 17.2. The average molecular weight is 547 g/mol. The number of benzene rings is 2. The third-order valence-corrected chi connectivity index (χ3v) is 7.55. The minimum absolute atomic E-state index is 0.0263. The molecule has 0 aliphatic carbocycles. The number of fused-ring (bicyclic) bond motifs is 1. The summed E-state index contributed by atoms with van der Waals surface area (Å²) in [6, 6.07) is 9.94. The highest BCUT2D eigenvalue weighted by atomic mass is 35.5. The summed E-state index contributed by atoms with van der Waals surface area (Å²) in [7, 11) is -4.00. The summed E-state index contributed by atoms with van der Waals surface area (Å²) in [5, 5.41) is 6.86. The molecule has 1 aliphatic rings. The first-order valence-electron chi connectivity index (χ1n) is 11.6. The fourth-order valence-electron chi connectivity index (χ4n) is 3.82. The standard InChI is InChI=1S/C25H27ClN4O6S/c1-5-21-28-22(36-29-21)16-8-11-20-19(12-16)30(13-15-6-9-17(26)10-7-15)23(31)18(14-37(20,33)34)27-24(32)35-25(2,3)4/h6-12,18H,5,13-14H2,1-4H3,(H,27,32)/t18-/m0/s1. The SMILES string of the molecule is CCc1noc(-c2ccc3c(c2)N(Cc2ccc(Cl)cc2)C(=O)[C@@H](NC(=O)OC(C)(C)C)CS3(=O)=O)n1. The number of hydrogen-bond acceptors (Lipinski definition) is 8. The van der Waals surface area contributed by atoms with Crippen LogP contribution in [0.5, 0.6) is 0 Å². The van der Waals surface area contributed by atoms with Crippen molar-refractivity contribution >= 4 is 39.1 Å². The maximum absolute atomic E-state index is 13.8. The zero-order valence-corrected chi connectivity index (χ0v) is 22.4. The molecule has 12 heteroatoms. The second-order valence-corrected chi connectivity index (χ2v) is 12.0. The average Bonchev–Trinajstić information content (AvgIpc) is 3.28. The van der Waals surface area contributed by atoms with Crippen LogP contribution in [0.3, 0.4) is 0 Å². The Bertz CT molecular complexity index is 1430. The molecule has 37 heavy (non-hydrogen) atoms. The fraction of sp³-hybridized carbons (Fsp3) is 0.360. The summed E-state index contributed by atoms with van der Waals surface area (Å²) in [6.45, 7) is 6.92.